The zero-order valence-corrected chi connectivity index (χ0v) is 12.4. The summed E-state index contributed by atoms with van der Waals surface area (Å²) in [4.78, 5) is -1.90. The number of fused-ring (bicyclic) bond motifs is 1. The quantitative estimate of drug-likeness (QED) is 0.665. The van der Waals surface area contributed by atoms with Gasteiger partial charge < -0.3 is 5.32 Å². The van der Waals surface area contributed by atoms with E-state index in [4.69, 9.17) is 5.14 Å². The third-order valence-corrected chi connectivity index (χ3v) is 4.92. The molecule has 0 aromatic heterocycles. The van der Waals surface area contributed by atoms with Crippen LogP contribution in [0.5, 0.6) is 0 Å². The Bertz CT molecular complexity index is 777. The van der Waals surface area contributed by atoms with Crippen LogP contribution in [0.1, 0.15) is 5.56 Å². The Morgan fingerprint density at radius 2 is 1.81 bits per heavy atom. The van der Waals surface area contributed by atoms with E-state index < -0.39 is 41.6 Å². The van der Waals surface area contributed by atoms with Crippen molar-refractivity contribution >= 4 is 38.1 Å². The number of hydrogen-bond acceptors (Lipinski definition) is 5. The number of halogens is 4. The highest BCUT2D eigenvalue weighted by Gasteiger charge is 2.39. The second-order valence-electron chi connectivity index (χ2n) is 3.89. The fraction of sp³-hybridized carbons (Fsp3) is 0.250. The molecule has 0 bridgehead atoms. The molecule has 120 valence electrons. The summed E-state index contributed by atoms with van der Waals surface area (Å²) in [6, 6.07) is 0.801. The van der Waals surface area contributed by atoms with E-state index in [1.165, 1.54) is 0 Å². The molecule has 13 heteroatoms. The van der Waals surface area contributed by atoms with Crippen molar-refractivity contribution in [2.45, 2.75) is 16.0 Å². The molecule has 0 saturated heterocycles. The number of sulfonamides is 2. The highest BCUT2D eigenvalue weighted by molar-refractivity contribution is 7.90. The molecule has 2 rings (SSSR count). The minimum absolute atomic E-state index is 0. The Balaban J connectivity index is 0.00000220. The summed E-state index contributed by atoms with van der Waals surface area (Å²) in [5.74, 6) is 0. The van der Waals surface area contributed by atoms with Gasteiger partial charge in [0.1, 0.15) is 4.90 Å². The number of nitrogens with two attached hydrogens (primary N) is 1. The average Bonchev–Trinajstić information content (AvgIpc) is 2.24. The molecule has 0 aliphatic carbocycles. The first-order valence-corrected chi connectivity index (χ1v) is 7.97. The summed E-state index contributed by atoms with van der Waals surface area (Å²) in [6.07, 6.45) is -4.99. The minimum atomic E-state index is -4.99. The molecule has 0 radical (unpaired) electrons. The lowest BCUT2D eigenvalue weighted by Gasteiger charge is -2.22. The Hall–Kier alpha value is -1.08. The van der Waals surface area contributed by atoms with Crippen LogP contribution in [-0.2, 0) is 26.2 Å². The molecule has 1 heterocycles. The fourth-order valence-electron chi connectivity index (χ4n) is 1.68. The number of benzene rings is 1. The van der Waals surface area contributed by atoms with Crippen LogP contribution >= 0.6 is 12.4 Å². The molecule has 0 atom stereocenters. The third-order valence-electron chi connectivity index (χ3n) is 2.52. The van der Waals surface area contributed by atoms with Gasteiger partial charge in [-0.2, -0.15) is 17.9 Å². The van der Waals surface area contributed by atoms with Crippen LogP contribution < -0.4 is 15.2 Å². The van der Waals surface area contributed by atoms with Crippen LogP contribution in [0.3, 0.4) is 0 Å². The molecule has 1 aliphatic heterocycles. The molecule has 1 aromatic rings. The predicted octanol–water partition coefficient (Wildman–Crippen LogP) is 0.436. The first kappa shape index (κ1) is 18.0. The van der Waals surface area contributed by atoms with Crippen molar-refractivity contribution in [1.82, 2.24) is 4.72 Å². The second kappa shape index (κ2) is 5.28. The van der Waals surface area contributed by atoms with Crippen molar-refractivity contribution in [3.8, 4) is 0 Å². The Morgan fingerprint density at radius 1 is 1.24 bits per heavy atom. The monoisotopic (exact) mass is 367 g/mol. The highest BCUT2D eigenvalue weighted by Crippen LogP contribution is 2.38. The topological polar surface area (TPSA) is 118 Å². The molecular formula is C8H9ClF3N3O4S2. The zero-order chi connectivity index (χ0) is 15.3. The van der Waals surface area contributed by atoms with Gasteiger partial charge in [-0.05, 0) is 12.1 Å². The second-order valence-corrected chi connectivity index (χ2v) is 7.15. The van der Waals surface area contributed by atoms with E-state index in [-0.39, 0.29) is 24.8 Å². The fourth-order valence-corrected chi connectivity index (χ4v) is 3.63. The molecular weight excluding hydrogens is 359 g/mol. The van der Waals surface area contributed by atoms with Gasteiger partial charge in [-0.25, -0.2) is 22.0 Å². The molecule has 21 heavy (non-hydrogen) atoms. The van der Waals surface area contributed by atoms with E-state index in [1.54, 1.807) is 0 Å². The van der Waals surface area contributed by atoms with Crippen LogP contribution in [0.2, 0.25) is 0 Å². The lowest BCUT2D eigenvalue weighted by molar-refractivity contribution is -0.139. The van der Waals surface area contributed by atoms with Gasteiger partial charge in [0.05, 0.1) is 22.8 Å². The summed E-state index contributed by atoms with van der Waals surface area (Å²) < 4.78 is 86.3. The van der Waals surface area contributed by atoms with Crippen molar-refractivity contribution < 1.29 is 30.0 Å². The van der Waals surface area contributed by atoms with E-state index >= 15 is 0 Å². The lowest BCUT2D eigenvalue weighted by atomic mass is 10.2. The summed E-state index contributed by atoms with van der Waals surface area (Å²) in [7, 11) is -8.83. The largest absolute Gasteiger partial charge is 0.417 e. The molecule has 0 unspecified atom stereocenters. The van der Waals surface area contributed by atoms with Gasteiger partial charge in [-0.3, -0.25) is 0 Å². The van der Waals surface area contributed by atoms with E-state index in [9.17, 15) is 30.0 Å². The van der Waals surface area contributed by atoms with Crippen LogP contribution in [0.15, 0.2) is 21.9 Å². The van der Waals surface area contributed by atoms with Gasteiger partial charge in [-0.1, -0.05) is 0 Å². The summed E-state index contributed by atoms with van der Waals surface area (Å²) in [6.45, 7) is -0.304. The Kier molecular flexibility index (Phi) is 4.52. The smallest absolute Gasteiger partial charge is 0.370 e. The van der Waals surface area contributed by atoms with Crippen LogP contribution in [0.4, 0.5) is 18.9 Å². The summed E-state index contributed by atoms with van der Waals surface area (Å²) in [5.41, 5.74) is -1.87. The van der Waals surface area contributed by atoms with Crippen molar-refractivity contribution in [1.29, 1.82) is 0 Å². The number of rotatable bonds is 1. The number of nitrogens with one attached hydrogen (secondary N) is 2. The van der Waals surface area contributed by atoms with Crippen LogP contribution in [0, 0.1) is 0 Å². The maximum Gasteiger partial charge on any atom is 0.417 e. The van der Waals surface area contributed by atoms with Gasteiger partial charge in [0.15, 0.2) is 0 Å². The van der Waals surface area contributed by atoms with Crippen molar-refractivity contribution in [3.63, 3.8) is 0 Å². The van der Waals surface area contributed by atoms with Crippen molar-refractivity contribution in [2.24, 2.45) is 5.14 Å². The highest BCUT2D eigenvalue weighted by atomic mass is 35.5. The standard InChI is InChI=1S/C8H8F3N3O4S2.ClH/c9-8(10,11)4-1-5-7(2-6(4)19(12,15)16)20(17,18)14-3-13-5;/h1-2,13-14H,3H2,(H2,12,15,16);1H. The van der Waals surface area contributed by atoms with Crippen LogP contribution in [0.25, 0.3) is 0 Å². The van der Waals surface area contributed by atoms with Gasteiger partial charge in [0, 0.05) is 0 Å². The molecule has 7 nitrogen and oxygen atoms in total. The third kappa shape index (κ3) is 3.40. The number of primary sulfonamides is 1. The summed E-state index contributed by atoms with van der Waals surface area (Å²) >= 11 is 0. The number of hydrogen-bond donors (Lipinski definition) is 3. The maximum absolute atomic E-state index is 12.8. The molecule has 0 amide bonds. The lowest BCUT2D eigenvalue weighted by Crippen LogP contribution is -2.35. The van der Waals surface area contributed by atoms with Crippen LogP contribution in [-0.4, -0.2) is 23.5 Å². The number of anilines is 1. The van der Waals surface area contributed by atoms with Gasteiger partial charge >= 0.3 is 6.18 Å². The van der Waals surface area contributed by atoms with E-state index in [2.05, 4.69) is 5.32 Å². The Labute approximate surface area is 124 Å². The van der Waals surface area contributed by atoms with E-state index in [1.807, 2.05) is 4.72 Å². The molecule has 0 spiro atoms. The van der Waals surface area contributed by atoms with Gasteiger partial charge in [0.2, 0.25) is 20.0 Å². The molecule has 4 N–H and O–H groups in total. The molecule has 1 aromatic carbocycles. The van der Waals surface area contributed by atoms with Gasteiger partial charge in [0.25, 0.3) is 0 Å². The average molecular weight is 368 g/mol. The SMILES string of the molecule is Cl.NS(=O)(=O)c1cc2c(cc1C(F)(F)F)NCNS2(=O)=O. The van der Waals surface area contributed by atoms with Gasteiger partial charge in [-0.15, -0.1) is 12.4 Å². The molecule has 0 saturated carbocycles. The summed E-state index contributed by atoms with van der Waals surface area (Å²) in [5, 5.41) is 7.10. The number of alkyl halides is 3. The van der Waals surface area contributed by atoms with Crippen molar-refractivity contribution in [3.05, 3.63) is 17.7 Å². The predicted molar refractivity (Wildman–Crippen MR) is 68.9 cm³/mol. The zero-order valence-electron chi connectivity index (χ0n) is 9.93. The first-order valence-electron chi connectivity index (χ1n) is 4.94. The van der Waals surface area contributed by atoms with E-state index in [0.29, 0.717) is 12.1 Å². The molecule has 0 fully saturated rings. The van der Waals surface area contributed by atoms with Crippen molar-refractivity contribution in [2.75, 3.05) is 12.0 Å². The first-order chi connectivity index (χ1) is 8.93. The Morgan fingerprint density at radius 3 is 2.29 bits per heavy atom. The maximum atomic E-state index is 12.8. The minimum Gasteiger partial charge on any atom is -0.370 e. The molecule has 1 aliphatic rings. The van der Waals surface area contributed by atoms with E-state index in [0.717, 1.165) is 0 Å². The normalized spacial score (nSPS) is 17.3.